The number of hydrogen-bond donors (Lipinski definition) is 1. The predicted octanol–water partition coefficient (Wildman–Crippen LogP) is 3.69. The molecule has 1 nitrogen and oxygen atoms in total. The van der Waals surface area contributed by atoms with E-state index in [-0.39, 0.29) is 17.9 Å². The zero-order valence-electron chi connectivity index (χ0n) is 8.90. The minimum Gasteiger partial charge on any atom is -0.327 e. The van der Waals surface area contributed by atoms with Gasteiger partial charge in [0, 0.05) is 12.5 Å². The van der Waals surface area contributed by atoms with Crippen molar-refractivity contribution in [2.75, 3.05) is 0 Å². The molecular weight excluding hydrogens is 258 g/mol. The van der Waals surface area contributed by atoms with Gasteiger partial charge in [0.05, 0.1) is 5.02 Å². The molecule has 0 fully saturated rings. The summed E-state index contributed by atoms with van der Waals surface area (Å²) >= 11 is 5.55. The molecule has 0 aliphatic carbocycles. The topological polar surface area (TPSA) is 26.0 Å². The zero-order chi connectivity index (χ0) is 13.1. The van der Waals surface area contributed by atoms with E-state index in [4.69, 9.17) is 17.3 Å². The van der Waals surface area contributed by atoms with Gasteiger partial charge >= 0.3 is 6.18 Å². The third-order valence-electron chi connectivity index (χ3n) is 2.28. The summed E-state index contributed by atoms with van der Waals surface area (Å²) in [7, 11) is 0. The van der Waals surface area contributed by atoms with Gasteiger partial charge in [-0.2, -0.15) is 13.2 Å². The van der Waals surface area contributed by atoms with E-state index >= 15 is 0 Å². The molecule has 0 amide bonds. The Morgan fingerprint density at radius 3 is 2.47 bits per heavy atom. The second kappa shape index (κ2) is 5.69. The SMILES string of the molecule is NC(CCC(F)(F)F)Cc1ccc(F)c(Cl)c1. The van der Waals surface area contributed by atoms with Crippen LogP contribution in [-0.2, 0) is 6.42 Å². The van der Waals surface area contributed by atoms with Crippen LogP contribution in [0.15, 0.2) is 18.2 Å². The van der Waals surface area contributed by atoms with E-state index in [1.807, 2.05) is 0 Å². The molecule has 0 bridgehead atoms. The van der Waals surface area contributed by atoms with Crippen molar-refractivity contribution in [3.05, 3.63) is 34.6 Å². The Morgan fingerprint density at radius 2 is 1.94 bits per heavy atom. The van der Waals surface area contributed by atoms with Crippen LogP contribution in [0.25, 0.3) is 0 Å². The maximum atomic E-state index is 12.8. The number of alkyl halides is 3. The molecule has 17 heavy (non-hydrogen) atoms. The van der Waals surface area contributed by atoms with E-state index in [2.05, 4.69) is 0 Å². The summed E-state index contributed by atoms with van der Waals surface area (Å²) in [5.74, 6) is -0.556. The van der Waals surface area contributed by atoms with Crippen molar-refractivity contribution in [3.8, 4) is 0 Å². The Bertz CT molecular complexity index is 378. The number of benzene rings is 1. The van der Waals surface area contributed by atoms with Crippen molar-refractivity contribution in [2.45, 2.75) is 31.5 Å². The fourth-order valence-electron chi connectivity index (χ4n) is 1.42. The highest BCUT2D eigenvalue weighted by Gasteiger charge is 2.27. The monoisotopic (exact) mass is 269 g/mol. The maximum absolute atomic E-state index is 12.8. The summed E-state index contributed by atoms with van der Waals surface area (Å²) in [6.45, 7) is 0. The molecule has 1 aromatic carbocycles. The Balaban J connectivity index is 2.50. The van der Waals surface area contributed by atoms with Gasteiger partial charge in [-0.05, 0) is 30.5 Å². The maximum Gasteiger partial charge on any atom is 0.389 e. The van der Waals surface area contributed by atoms with E-state index in [0.29, 0.717) is 5.56 Å². The molecule has 1 atom stereocenters. The summed E-state index contributed by atoms with van der Waals surface area (Å²) in [6.07, 6.45) is -5.02. The Kier molecular flexibility index (Phi) is 4.77. The summed E-state index contributed by atoms with van der Waals surface area (Å²) < 4.78 is 48.7. The molecule has 0 aromatic heterocycles. The summed E-state index contributed by atoms with van der Waals surface area (Å²) in [5.41, 5.74) is 6.19. The van der Waals surface area contributed by atoms with Crippen molar-refractivity contribution >= 4 is 11.6 Å². The van der Waals surface area contributed by atoms with Crippen molar-refractivity contribution in [1.82, 2.24) is 0 Å². The fourth-order valence-corrected chi connectivity index (χ4v) is 1.62. The van der Waals surface area contributed by atoms with Crippen LogP contribution in [0.4, 0.5) is 17.6 Å². The minimum atomic E-state index is -4.20. The number of hydrogen-bond acceptors (Lipinski definition) is 1. The lowest BCUT2D eigenvalue weighted by atomic mass is 10.0. The van der Waals surface area contributed by atoms with Crippen molar-refractivity contribution < 1.29 is 17.6 Å². The van der Waals surface area contributed by atoms with Crippen LogP contribution < -0.4 is 5.73 Å². The van der Waals surface area contributed by atoms with Gasteiger partial charge in [-0.3, -0.25) is 0 Å². The number of nitrogens with two attached hydrogens (primary N) is 1. The van der Waals surface area contributed by atoms with Crippen LogP contribution in [0.5, 0.6) is 0 Å². The molecule has 6 heteroatoms. The van der Waals surface area contributed by atoms with Crippen LogP contribution >= 0.6 is 11.6 Å². The van der Waals surface area contributed by atoms with Gasteiger partial charge in [0.2, 0.25) is 0 Å². The first-order valence-corrected chi connectivity index (χ1v) is 5.42. The zero-order valence-corrected chi connectivity index (χ0v) is 9.65. The molecule has 0 saturated heterocycles. The first-order valence-electron chi connectivity index (χ1n) is 5.04. The van der Waals surface area contributed by atoms with E-state index in [1.165, 1.54) is 18.2 Å². The van der Waals surface area contributed by atoms with Gasteiger partial charge in [0.1, 0.15) is 5.82 Å². The van der Waals surface area contributed by atoms with Gasteiger partial charge in [-0.25, -0.2) is 4.39 Å². The highest BCUT2D eigenvalue weighted by molar-refractivity contribution is 6.30. The molecule has 1 unspecified atom stereocenters. The molecule has 0 saturated carbocycles. The van der Waals surface area contributed by atoms with Crippen LogP contribution in [0.1, 0.15) is 18.4 Å². The molecule has 0 heterocycles. The normalized spacial score (nSPS) is 13.8. The quantitative estimate of drug-likeness (QED) is 0.829. The van der Waals surface area contributed by atoms with E-state index in [1.54, 1.807) is 0 Å². The molecule has 1 aromatic rings. The highest BCUT2D eigenvalue weighted by Crippen LogP contribution is 2.23. The summed E-state index contributed by atoms with van der Waals surface area (Å²) in [5, 5.41) is -0.0504. The molecule has 0 spiro atoms. The first kappa shape index (κ1) is 14.3. The first-order chi connectivity index (χ1) is 7.78. The average molecular weight is 270 g/mol. The fraction of sp³-hybridized carbons (Fsp3) is 0.455. The van der Waals surface area contributed by atoms with Gasteiger partial charge in [0.15, 0.2) is 0 Å². The minimum absolute atomic E-state index is 0.0504. The average Bonchev–Trinajstić information content (AvgIpc) is 2.20. The third kappa shape index (κ3) is 5.37. The Hall–Kier alpha value is -0.810. The standard InChI is InChI=1S/C11H12ClF4N/c12-9-6-7(1-2-10(9)13)5-8(17)3-4-11(14,15)16/h1-2,6,8H,3-5,17H2. The largest absolute Gasteiger partial charge is 0.389 e. The van der Waals surface area contributed by atoms with E-state index in [9.17, 15) is 17.6 Å². The van der Waals surface area contributed by atoms with Gasteiger partial charge in [-0.15, -0.1) is 0 Å². The summed E-state index contributed by atoms with van der Waals surface area (Å²) in [6, 6.07) is 3.41. The molecular formula is C11H12ClF4N. The number of rotatable bonds is 4. The van der Waals surface area contributed by atoms with Crippen molar-refractivity contribution in [1.29, 1.82) is 0 Å². The van der Waals surface area contributed by atoms with Crippen LogP contribution in [0.3, 0.4) is 0 Å². The molecule has 2 N–H and O–H groups in total. The smallest absolute Gasteiger partial charge is 0.327 e. The van der Waals surface area contributed by atoms with Crippen molar-refractivity contribution in [3.63, 3.8) is 0 Å². The van der Waals surface area contributed by atoms with Crippen LogP contribution in [0.2, 0.25) is 5.02 Å². The third-order valence-corrected chi connectivity index (χ3v) is 2.57. The van der Waals surface area contributed by atoms with Gasteiger partial charge in [0.25, 0.3) is 0 Å². The number of halogens is 5. The lowest BCUT2D eigenvalue weighted by molar-refractivity contribution is -0.136. The molecule has 1 rings (SSSR count). The second-order valence-electron chi connectivity index (χ2n) is 3.87. The van der Waals surface area contributed by atoms with Crippen molar-refractivity contribution in [2.24, 2.45) is 5.73 Å². The summed E-state index contributed by atoms with van der Waals surface area (Å²) in [4.78, 5) is 0. The lowest BCUT2D eigenvalue weighted by Gasteiger charge is -2.13. The van der Waals surface area contributed by atoms with E-state index in [0.717, 1.165) is 0 Å². The van der Waals surface area contributed by atoms with Gasteiger partial charge in [-0.1, -0.05) is 17.7 Å². The molecule has 96 valence electrons. The van der Waals surface area contributed by atoms with Gasteiger partial charge < -0.3 is 5.73 Å². The lowest BCUT2D eigenvalue weighted by Crippen LogP contribution is -2.25. The van der Waals surface area contributed by atoms with E-state index < -0.39 is 24.5 Å². The van der Waals surface area contributed by atoms with Crippen LogP contribution in [0, 0.1) is 5.82 Å². The highest BCUT2D eigenvalue weighted by atomic mass is 35.5. The Labute approximate surface area is 102 Å². The second-order valence-corrected chi connectivity index (χ2v) is 4.27. The Morgan fingerprint density at radius 1 is 1.29 bits per heavy atom. The molecule has 0 aliphatic heterocycles. The predicted molar refractivity (Wildman–Crippen MR) is 58.4 cm³/mol. The van der Waals surface area contributed by atoms with Crippen LogP contribution in [-0.4, -0.2) is 12.2 Å². The molecule has 0 aliphatic rings. The molecule has 0 radical (unpaired) electrons.